The summed E-state index contributed by atoms with van der Waals surface area (Å²) < 4.78 is 1.80. The molecule has 2 rings (SSSR count). The molecular formula is C13H16ClN3. The molecule has 0 radical (unpaired) electrons. The highest BCUT2D eigenvalue weighted by atomic mass is 35.5. The van der Waals surface area contributed by atoms with E-state index in [1.165, 1.54) is 5.56 Å². The zero-order chi connectivity index (χ0) is 12.3. The Kier molecular flexibility index (Phi) is 3.82. The lowest BCUT2D eigenvalue weighted by Gasteiger charge is -2.07. The first-order valence-electron chi connectivity index (χ1n) is 5.72. The van der Waals surface area contributed by atoms with Crippen molar-refractivity contribution in [2.45, 2.75) is 20.4 Å². The number of aryl methyl sites for hydroxylation is 1. The van der Waals surface area contributed by atoms with Gasteiger partial charge in [-0.05, 0) is 37.2 Å². The van der Waals surface area contributed by atoms with Crippen LogP contribution in [0.4, 0.5) is 0 Å². The highest BCUT2D eigenvalue weighted by Gasteiger charge is 2.05. The van der Waals surface area contributed by atoms with Gasteiger partial charge < -0.3 is 5.32 Å². The van der Waals surface area contributed by atoms with Gasteiger partial charge >= 0.3 is 0 Å². The number of hydrogen-bond acceptors (Lipinski definition) is 2. The smallest absolute Gasteiger partial charge is 0.0832 e. The van der Waals surface area contributed by atoms with E-state index in [1.807, 2.05) is 31.3 Å². The second-order valence-electron chi connectivity index (χ2n) is 3.97. The van der Waals surface area contributed by atoms with Crippen molar-refractivity contribution < 1.29 is 0 Å². The topological polar surface area (TPSA) is 29.9 Å². The number of nitrogens with one attached hydrogen (secondary N) is 1. The average Bonchev–Trinajstić information content (AvgIpc) is 2.73. The Balaban J connectivity index is 2.25. The molecule has 0 aliphatic heterocycles. The highest BCUT2D eigenvalue weighted by Crippen LogP contribution is 2.21. The summed E-state index contributed by atoms with van der Waals surface area (Å²) in [6, 6.07) is 8.02. The Hall–Kier alpha value is -1.32. The van der Waals surface area contributed by atoms with Crippen molar-refractivity contribution in [3.05, 3.63) is 46.7 Å². The molecule has 0 saturated carbocycles. The zero-order valence-electron chi connectivity index (χ0n) is 10.1. The van der Waals surface area contributed by atoms with Gasteiger partial charge in [0.1, 0.15) is 0 Å². The van der Waals surface area contributed by atoms with E-state index < -0.39 is 0 Å². The Bertz CT molecular complexity index is 505. The van der Waals surface area contributed by atoms with E-state index >= 15 is 0 Å². The van der Waals surface area contributed by atoms with Gasteiger partial charge in [0.25, 0.3) is 0 Å². The van der Waals surface area contributed by atoms with E-state index in [0.29, 0.717) is 0 Å². The summed E-state index contributed by atoms with van der Waals surface area (Å²) >= 11 is 6.26. The van der Waals surface area contributed by atoms with E-state index in [0.717, 1.165) is 29.5 Å². The SMILES string of the molecule is CCNCc1ccc(-n2ccc(C)n2)c(Cl)c1. The lowest BCUT2D eigenvalue weighted by atomic mass is 10.2. The highest BCUT2D eigenvalue weighted by molar-refractivity contribution is 6.32. The van der Waals surface area contributed by atoms with Crippen molar-refractivity contribution in [3.8, 4) is 5.69 Å². The third-order valence-corrected chi connectivity index (χ3v) is 2.86. The minimum atomic E-state index is 0.725. The molecule has 4 heteroatoms. The van der Waals surface area contributed by atoms with Crippen LogP contribution >= 0.6 is 11.6 Å². The summed E-state index contributed by atoms with van der Waals surface area (Å²) in [5.41, 5.74) is 3.09. The fourth-order valence-corrected chi connectivity index (χ4v) is 1.95. The maximum atomic E-state index is 6.26. The van der Waals surface area contributed by atoms with Gasteiger partial charge in [-0.3, -0.25) is 0 Å². The van der Waals surface area contributed by atoms with Gasteiger partial charge in [0.05, 0.1) is 16.4 Å². The predicted octanol–water partition coefficient (Wildman–Crippen LogP) is 2.94. The first-order valence-corrected chi connectivity index (χ1v) is 6.10. The van der Waals surface area contributed by atoms with Crippen LogP contribution in [0.25, 0.3) is 5.69 Å². The van der Waals surface area contributed by atoms with Crippen LogP contribution in [0.15, 0.2) is 30.5 Å². The molecule has 0 aliphatic rings. The molecule has 0 unspecified atom stereocenters. The summed E-state index contributed by atoms with van der Waals surface area (Å²) in [5.74, 6) is 0. The van der Waals surface area contributed by atoms with Crippen molar-refractivity contribution in [3.63, 3.8) is 0 Å². The van der Waals surface area contributed by atoms with Crippen molar-refractivity contribution in [2.75, 3.05) is 6.54 Å². The second-order valence-corrected chi connectivity index (χ2v) is 4.37. The summed E-state index contributed by atoms with van der Waals surface area (Å²) in [4.78, 5) is 0. The Labute approximate surface area is 106 Å². The quantitative estimate of drug-likeness (QED) is 0.903. The van der Waals surface area contributed by atoms with Crippen LogP contribution in [0.1, 0.15) is 18.2 Å². The van der Waals surface area contributed by atoms with Gasteiger partial charge in [-0.1, -0.05) is 24.6 Å². The Morgan fingerprint density at radius 1 is 1.35 bits per heavy atom. The van der Waals surface area contributed by atoms with E-state index in [2.05, 4.69) is 23.4 Å². The molecule has 90 valence electrons. The van der Waals surface area contributed by atoms with Crippen LogP contribution in [0, 0.1) is 6.92 Å². The van der Waals surface area contributed by atoms with Gasteiger partial charge in [-0.15, -0.1) is 0 Å². The summed E-state index contributed by atoms with van der Waals surface area (Å²) in [7, 11) is 0. The van der Waals surface area contributed by atoms with Crippen molar-refractivity contribution >= 4 is 11.6 Å². The van der Waals surface area contributed by atoms with Gasteiger partial charge in [0, 0.05) is 12.7 Å². The lowest BCUT2D eigenvalue weighted by molar-refractivity contribution is 0.726. The minimum Gasteiger partial charge on any atom is -0.313 e. The first-order chi connectivity index (χ1) is 8.20. The second kappa shape index (κ2) is 5.34. The molecule has 0 amide bonds. The van der Waals surface area contributed by atoms with Crippen LogP contribution in [-0.2, 0) is 6.54 Å². The van der Waals surface area contributed by atoms with Crippen molar-refractivity contribution in [2.24, 2.45) is 0 Å². The molecule has 1 N–H and O–H groups in total. The van der Waals surface area contributed by atoms with Gasteiger partial charge in [0.2, 0.25) is 0 Å². The number of aromatic nitrogens is 2. The summed E-state index contributed by atoms with van der Waals surface area (Å²) in [6.07, 6.45) is 1.92. The van der Waals surface area contributed by atoms with Crippen LogP contribution in [-0.4, -0.2) is 16.3 Å². The van der Waals surface area contributed by atoms with Crippen LogP contribution in [0.2, 0.25) is 5.02 Å². The third-order valence-electron chi connectivity index (χ3n) is 2.56. The normalized spacial score (nSPS) is 10.8. The van der Waals surface area contributed by atoms with Gasteiger partial charge in [-0.2, -0.15) is 5.10 Å². The number of rotatable bonds is 4. The molecule has 2 aromatic rings. The van der Waals surface area contributed by atoms with Gasteiger partial charge in [0.15, 0.2) is 0 Å². The molecule has 0 atom stereocenters. The Morgan fingerprint density at radius 2 is 2.18 bits per heavy atom. The van der Waals surface area contributed by atoms with Gasteiger partial charge in [-0.25, -0.2) is 4.68 Å². The monoisotopic (exact) mass is 249 g/mol. The van der Waals surface area contributed by atoms with Crippen molar-refractivity contribution in [1.82, 2.24) is 15.1 Å². The number of hydrogen-bond donors (Lipinski definition) is 1. The molecule has 0 saturated heterocycles. The average molecular weight is 250 g/mol. The molecule has 0 spiro atoms. The zero-order valence-corrected chi connectivity index (χ0v) is 10.8. The number of nitrogens with zero attached hydrogens (tertiary/aromatic N) is 2. The van der Waals surface area contributed by atoms with Crippen LogP contribution in [0.5, 0.6) is 0 Å². The first kappa shape index (κ1) is 12.1. The standard InChI is InChI=1S/C13H16ClN3/c1-3-15-9-11-4-5-13(12(14)8-11)17-7-6-10(2)16-17/h4-8,15H,3,9H2,1-2H3. The number of benzene rings is 1. The largest absolute Gasteiger partial charge is 0.313 e. The predicted molar refractivity (Wildman–Crippen MR) is 70.7 cm³/mol. The van der Waals surface area contributed by atoms with Crippen LogP contribution < -0.4 is 5.32 Å². The van der Waals surface area contributed by atoms with Crippen molar-refractivity contribution in [1.29, 1.82) is 0 Å². The molecule has 0 aliphatic carbocycles. The molecular weight excluding hydrogens is 234 g/mol. The molecule has 17 heavy (non-hydrogen) atoms. The molecule has 3 nitrogen and oxygen atoms in total. The maximum Gasteiger partial charge on any atom is 0.0832 e. The van der Waals surface area contributed by atoms with E-state index in [1.54, 1.807) is 4.68 Å². The molecule has 0 bridgehead atoms. The molecule has 1 heterocycles. The van der Waals surface area contributed by atoms with E-state index in [9.17, 15) is 0 Å². The third kappa shape index (κ3) is 2.87. The fourth-order valence-electron chi connectivity index (χ4n) is 1.66. The van der Waals surface area contributed by atoms with E-state index in [-0.39, 0.29) is 0 Å². The summed E-state index contributed by atoms with van der Waals surface area (Å²) in [6.45, 7) is 5.85. The maximum absolute atomic E-state index is 6.26. The van der Waals surface area contributed by atoms with Crippen LogP contribution in [0.3, 0.4) is 0 Å². The fraction of sp³-hybridized carbons (Fsp3) is 0.308. The molecule has 1 aromatic heterocycles. The molecule has 0 fully saturated rings. The minimum absolute atomic E-state index is 0.725. The summed E-state index contributed by atoms with van der Waals surface area (Å²) in [5, 5.41) is 8.35. The lowest BCUT2D eigenvalue weighted by Crippen LogP contribution is -2.11. The Morgan fingerprint density at radius 3 is 2.76 bits per heavy atom. The molecule has 1 aromatic carbocycles. The number of halogens is 1. The van der Waals surface area contributed by atoms with E-state index in [4.69, 9.17) is 11.6 Å².